The first-order valence-electron chi connectivity index (χ1n) is 6.22. The molecule has 0 spiro atoms. The maximum atomic E-state index is 12.1. The standard InChI is InChI=1S/C13H14BrN3O3/c1-2-6-15-7-8-16(13(15)18)9-10-4-3-5-11(12(10)14)17(19)20/h3-5,7-8H,2,6,9H2,1H3. The van der Waals surface area contributed by atoms with Crippen LogP contribution in [0.5, 0.6) is 0 Å². The number of nitro groups is 1. The Kier molecular flexibility index (Phi) is 4.39. The lowest BCUT2D eigenvalue weighted by Crippen LogP contribution is -2.24. The van der Waals surface area contributed by atoms with Gasteiger partial charge in [-0.2, -0.15) is 0 Å². The molecule has 0 amide bonds. The van der Waals surface area contributed by atoms with E-state index in [1.807, 2.05) is 6.92 Å². The van der Waals surface area contributed by atoms with E-state index in [0.29, 0.717) is 23.1 Å². The number of hydrogen-bond donors (Lipinski definition) is 0. The summed E-state index contributed by atoms with van der Waals surface area (Å²) in [6.07, 6.45) is 4.31. The molecule has 0 saturated carbocycles. The highest BCUT2D eigenvalue weighted by atomic mass is 79.9. The van der Waals surface area contributed by atoms with Crippen molar-refractivity contribution < 1.29 is 4.92 Å². The summed E-state index contributed by atoms with van der Waals surface area (Å²) in [5.41, 5.74) is 0.601. The van der Waals surface area contributed by atoms with Crippen LogP contribution in [0.25, 0.3) is 0 Å². The third-order valence-corrected chi connectivity index (χ3v) is 3.89. The first kappa shape index (κ1) is 14.5. The molecule has 0 unspecified atom stereocenters. The van der Waals surface area contributed by atoms with Crippen LogP contribution in [-0.2, 0) is 13.1 Å². The van der Waals surface area contributed by atoms with Gasteiger partial charge in [0.2, 0.25) is 0 Å². The predicted molar refractivity (Wildman–Crippen MR) is 78.9 cm³/mol. The van der Waals surface area contributed by atoms with Crippen LogP contribution in [0.2, 0.25) is 0 Å². The quantitative estimate of drug-likeness (QED) is 0.621. The van der Waals surface area contributed by atoms with E-state index in [1.54, 1.807) is 33.7 Å². The Morgan fingerprint density at radius 3 is 2.65 bits per heavy atom. The van der Waals surface area contributed by atoms with E-state index in [2.05, 4.69) is 15.9 Å². The van der Waals surface area contributed by atoms with Crippen LogP contribution in [0.3, 0.4) is 0 Å². The van der Waals surface area contributed by atoms with Gasteiger partial charge in [0.05, 0.1) is 11.5 Å². The summed E-state index contributed by atoms with van der Waals surface area (Å²) in [5.74, 6) is 0. The molecular weight excluding hydrogens is 326 g/mol. The molecule has 106 valence electrons. The number of aromatic nitrogens is 2. The molecule has 0 aliphatic rings. The van der Waals surface area contributed by atoms with Crippen molar-refractivity contribution in [1.82, 2.24) is 9.13 Å². The van der Waals surface area contributed by atoms with Crippen molar-refractivity contribution >= 4 is 21.6 Å². The largest absolute Gasteiger partial charge is 0.328 e. The summed E-state index contributed by atoms with van der Waals surface area (Å²) < 4.78 is 3.59. The molecule has 0 radical (unpaired) electrons. The highest BCUT2D eigenvalue weighted by Crippen LogP contribution is 2.28. The Balaban J connectivity index is 2.33. The molecule has 2 aromatic rings. The minimum atomic E-state index is -0.446. The van der Waals surface area contributed by atoms with Gasteiger partial charge in [0, 0.05) is 25.0 Å². The van der Waals surface area contributed by atoms with Gasteiger partial charge in [-0.15, -0.1) is 0 Å². The average molecular weight is 340 g/mol. The molecule has 0 saturated heterocycles. The molecular formula is C13H14BrN3O3. The minimum absolute atomic E-state index is 0.00328. The lowest BCUT2D eigenvalue weighted by Gasteiger charge is -2.05. The minimum Gasteiger partial charge on any atom is -0.299 e. The number of hydrogen-bond acceptors (Lipinski definition) is 3. The third kappa shape index (κ3) is 2.82. The smallest absolute Gasteiger partial charge is 0.299 e. The van der Waals surface area contributed by atoms with Crippen LogP contribution in [-0.4, -0.2) is 14.1 Å². The molecule has 1 heterocycles. The number of aryl methyl sites for hydroxylation is 1. The zero-order valence-electron chi connectivity index (χ0n) is 11.0. The predicted octanol–water partition coefficient (Wildman–Crippen LogP) is 2.78. The maximum absolute atomic E-state index is 12.1. The van der Waals surface area contributed by atoms with E-state index >= 15 is 0 Å². The normalized spacial score (nSPS) is 10.7. The number of halogens is 1. The molecule has 0 aliphatic carbocycles. The Labute approximate surface area is 123 Å². The van der Waals surface area contributed by atoms with Crippen LogP contribution < -0.4 is 5.69 Å². The molecule has 0 fully saturated rings. The Bertz CT molecular complexity index is 690. The fraction of sp³-hybridized carbons (Fsp3) is 0.308. The van der Waals surface area contributed by atoms with Crippen LogP contribution in [0.15, 0.2) is 39.9 Å². The van der Waals surface area contributed by atoms with Crippen molar-refractivity contribution in [3.05, 3.63) is 61.2 Å². The Morgan fingerprint density at radius 1 is 1.30 bits per heavy atom. The molecule has 1 aromatic carbocycles. The first-order chi connectivity index (χ1) is 9.54. The molecule has 20 heavy (non-hydrogen) atoms. The molecule has 0 atom stereocenters. The van der Waals surface area contributed by atoms with E-state index < -0.39 is 4.92 Å². The average Bonchev–Trinajstić information content (AvgIpc) is 2.74. The van der Waals surface area contributed by atoms with Gasteiger partial charge in [0.1, 0.15) is 4.47 Å². The van der Waals surface area contributed by atoms with Crippen molar-refractivity contribution in [3.63, 3.8) is 0 Å². The van der Waals surface area contributed by atoms with Gasteiger partial charge in [-0.1, -0.05) is 19.1 Å². The molecule has 6 nitrogen and oxygen atoms in total. The van der Waals surface area contributed by atoms with Gasteiger partial charge in [-0.05, 0) is 27.9 Å². The van der Waals surface area contributed by atoms with Gasteiger partial charge >= 0.3 is 5.69 Å². The number of nitro benzene ring substituents is 1. The van der Waals surface area contributed by atoms with E-state index in [9.17, 15) is 14.9 Å². The lowest BCUT2D eigenvalue weighted by molar-refractivity contribution is -0.385. The zero-order valence-corrected chi connectivity index (χ0v) is 12.5. The van der Waals surface area contributed by atoms with Gasteiger partial charge < -0.3 is 0 Å². The van der Waals surface area contributed by atoms with E-state index in [-0.39, 0.29) is 11.4 Å². The van der Waals surface area contributed by atoms with Crippen LogP contribution in [0.1, 0.15) is 18.9 Å². The van der Waals surface area contributed by atoms with Crippen molar-refractivity contribution in [1.29, 1.82) is 0 Å². The Hall–Kier alpha value is -1.89. The van der Waals surface area contributed by atoms with Crippen LogP contribution in [0.4, 0.5) is 5.69 Å². The van der Waals surface area contributed by atoms with Gasteiger partial charge in [-0.25, -0.2) is 4.79 Å². The second-order valence-electron chi connectivity index (χ2n) is 4.41. The first-order valence-corrected chi connectivity index (χ1v) is 7.01. The summed E-state index contributed by atoms with van der Waals surface area (Å²) in [7, 11) is 0. The highest BCUT2D eigenvalue weighted by Gasteiger charge is 2.15. The number of rotatable bonds is 5. The fourth-order valence-corrected chi connectivity index (χ4v) is 2.53. The molecule has 2 rings (SSSR count). The van der Waals surface area contributed by atoms with Crippen molar-refractivity contribution in [2.45, 2.75) is 26.4 Å². The molecule has 7 heteroatoms. The zero-order chi connectivity index (χ0) is 14.7. The van der Waals surface area contributed by atoms with Crippen molar-refractivity contribution in [2.75, 3.05) is 0 Å². The summed E-state index contributed by atoms with van der Waals surface area (Å²) in [5, 5.41) is 10.9. The summed E-state index contributed by atoms with van der Waals surface area (Å²) in [6.45, 7) is 2.97. The molecule has 1 aromatic heterocycles. The molecule has 0 bridgehead atoms. The van der Waals surface area contributed by atoms with Gasteiger partial charge in [0.15, 0.2) is 0 Å². The topological polar surface area (TPSA) is 70.1 Å². The van der Waals surface area contributed by atoms with Crippen LogP contribution in [0, 0.1) is 10.1 Å². The number of imidazole rings is 1. The lowest BCUT2D eigenvalue weighted by atomic mass is 10.2. The number of benzene rings is 1. The van der Waals surface area contributed by atoms with Crippen molar-refractivity contribution in [3.8, 4) is 0 Å². The van der Waals surface area contributed by atoms with Crippen molar-refractivity contribution in [2.24, 2.45) is 0 Å². The van der Waals surface area contributed by atoms with E-state index in [0.717, 1.165) is 6.42 Å². The highest BCUT2D eigenvalue weighted by molar-refractivity contribution is 9.10. The third-order valence-electron chi connectivity index (χ3n) is 2.98. The summed E-state index contributed by atoms with van der Waals surface area (Å²) in [6, 6.07) is 4.81. The number of nitrogens with zero attached hydrogens (tertiary/aromatic N) is 3. The molecule has 0 N–H and O–H groups in total. The van der Waals surface area contributed by atoms with Crippen LogP contribution >= 0.6 is 15.9 Å². The summed E-state index contributed by atoms with van der Waals surface area (Å²) >= 11 is 3.24. The fourth-order valence-electron chi connectivity index (χ4n) is 2.00. The maximum Gasteiger partial charge on any atom is 0.328 e. The van der Waals surface area contributed by atoms with Gasteiger partial charge in [0.25, 0.3) is 5.69 Å². The van der Waals surface area contributed by atoms with E-state index in [4.69, 9.17) is 0 Å². The van der Waals surface area contributed by atoms with Gasteiger partial charge in [-0.3, -0.25) is 19.2 Å². The SMILES string of the molecule is CCCn1ccn(Cc2cccc([N+](=O)[O-])c2Br)c1=O. The monoisotopic (exact) mass is 339 g/mol. The molecule has 0 aliphatic heterocycles. The Morgan fingerprint density at radius 2 is 2.00 bits per heavy atom. The summed E-state index contributed by atoms with van der Waals surface area (Å²) in [4.78, 5) is 22.5. The second kappa shape index (κ2) is 6.04. The second-order valence-corrected chi connectivity index (χ2v) is 5.20. The van der Waals surface area contributed by atoms with E-state index in [1.165, 1.54) is 6.07 Å².